The van der Waals surface area contributed by atoms with E-state index in [1.165, 1.54) is 18.5 Å². The fourth-order valence-corrected chi connectivity index (χ4v) is 2.78. The Hall–Kier alpha value is -2.88. The van der Waals surface area contributed by atoms with Crippen molar-refractivity contribution < 1.29 is 23.1 Å². The van der Waals surface area contributed by atoms with Crippen molar-refractivity contribution >= 4 is 17.5 Å². The molecule has 3 rings (SSSR count). The number of carbonyl (C=O) groups is 1. The molecule has 2 heterocycles. The van der Waals surface area contributed by atoms with Crippen LogP contribution in [0.2, 0.25) is 0 Å². The third-order valence-corrected chi connectivity index (χ3v) is 4.53. The summed E-state index contributed by atoms with van der Waals surface area (Å²) in [6.45, 7) is 1.52. The van der Waals surface area contributed by atoms with Gasteiger partial charge >= 0.3 is 6.18 Å². The van der Waals surface area contributed by atoms with Crippen LogP contribution in [-0.2, 0) is 11.0 Å². The molecule has 10 heteroatoms. The second kappa shape index (κ2) is 8.01. The van der Waals surface area contributed by atoms with Gasteiger partial charge in [-0.3, -0.25) is 4.79 Å². The van der Waals surface area contributed by atoms with Crippen LogP contribution in [0.5, 0.6) is 0 Å². The molecule has 0 radical (unpaired) electrons. The van der Waals surface area contributed by atoms with Gasteiger partial charge in [0.15, 0.2) is 0 Å². The maximum Gasteiger partial charge on any atom is 0.416 e. The highest BCUT2D eigenvalue weighted by molar-refractivity contribution is 5.82. The molecular formula is C18H20F3N5O2. The second-order valence-electron chi connectivity index (χ2n) is 6.51. The smallest absolute Gasteiger partial charge is 0.387 e. The van der Waals surface area contributed by atoms with Crippen molar-refractivity contribution in [1.29, 1.82) is 0 Å². The van der Waals surface area contributed by atoms with Gasteiger partial charge in [-0.15, -0.1) is 0 Å². The van der Waals surface area contributed by atoms with E-state index >= 15 is 0 Å². The standard InChI is InChI=1S/C18H20F3N5O2/c1-25-6-7-26(10-17(25)28)16-8-15(23-11-24-16)22-9-14(27)12-2-4-13(5-3-12)18(19,20)21/h2-5,8,11,14,27H,6-7,9-10H2,1H3,(H,22,23,24). The van der Waals surface area contributed by atoms with Gasteiger partial charge in [0.25, 0.3) is 0 Å². The summed E-state index contributed by atoms with van der Waals surface area (Å²) in [4.78, 5) is 23.6. The van der Waals surface area contributed by atoms with Crippen LogP contribution in [0.1, 0.15) is 17.2 Å². The Labute approximate surface area is 159 Å². The Balaban J connectivity index is 1.61. The SMILES string of the molecule is CN1CCN(c2cc(NCC(O)c3ccc(C(F)(F)F)cc3)ncn2)CC1=O. The largest absolute Gasteiger partial charge is 0.416 e. The van der Waals surface area contributed by atoms with E-state index in [1.54, 1.807) is 18.0 Å². The molecule has 1 unspecified atom stereocenters. The third kappa shape index (κ3) is 4.69. The zero-order valence-corrected chi connectivity index (χ0v) is 15.1. The number of piperazine rings is 1. The minimum absolute atomic E-state index is 0.00269. The highest BCUT2D eigenvalue weighted by atomic mass is 19.4. The van der Waals surface area contributed by atoms with Gasteiger partial charge in [0, 0.05) is 32.7 Å². The van der Waals surface area contributed by atoms with Crippen molar-refractivity contribution in [3.63, 3.8) is 0 Å². The molecule has 0 spiro atoms. The monoisotopic (exact) mass is 395 g/mol. The van der Waals surface area contributed by atoms with Crippen LogP contribution in [-0.4, -0.2) is 59.1 Å². The number of amides is 1. The molecule has 1 fully saturated rings. The molecule has 28 heavy (non-hydrogen) atoms. The minimum atomic E-state index is -4.41. The molecule has 2 aromatic rings. The number of benzene rings is 1. The molecule has 1 aromatic carbocycles. The first-order chi connectivity index (χ1) is 13.2. The number of nitrogens with one attached hydrogen (secondary N) is 1. The van der Waals surface area contributed by atoms with E-state index in [4.69, 9.17) is 0 Å². The van der Waals surface area contributed by atoms with Gasteiger partial charge in [0.2, 0.25) is 5.91 Å². The van der Waals surface area contributed by atoms with E-state index in [0.717, 1.165) is 12.1 Å². The quantitative estimate of drug-likeness (QED) is 0.805. The first-order valence-corrected chi connectivity index (χ1v) is 8.64. The van der Waals surface area contributed by atoms with Crippen molar-refractivity contribution in [3.05, 3.63) is 47.8 Å². The zero-order valence-electron chi connectivity index (χ0n) is 15.1. The predicted molar refractivity (Wildman–Crippen MR) is 96.8 cm³/mol. The van der Waals surface area contributed by atoms with E-state index in [9.17, 15) is 23.1 Å². The molecule has 0 saturated carbocycles. The van der Waals surface area contributed by atoms with Crippen LogP contribution in [0.3, 0.4) is 0 Å². The number of likely N-dealkylation sites (N-methyl/N-ethyl adjacent to an activating group) is 1. The summed E-state index contributed by atoms with van der Waals surface area (Å²) in [5.41, 5.74) is -0.405. The first kappa shape index (κ1) is 19.9. The number of hydrogen-bond acceptors (Lipinski definition) is 6. The minimum Gasteiger partial charge on any atom is -0.387 e. The molecule has 0 bridgehead atoms. The van der Waals surface area contributed by atoms with Crippen LogP contribution in [0.15, 0.2) is 36.7 Å². The first-order valence-electron chi connectivity index (χ1n) is 8.64. The number of anilines is 2. The van der Waals surface area contributed by atoms with Crippen LogP contribution in [0.25, 0.3) is 0 Å². The fourth-order valence-electron chi connectivity index (χ4n) is 2.78. The summed E-state index contributed by atoms with van der Waals surface area (Å²) in [6, 6.07) is 6.03. The summed E-state index contributed by atoms with van der Waals surface area (Å²) in [7, 11) is 1.75. The van der Waals surface area contributed by atoms with Gasteiger partial charge in [-0.25, -0.2) is 9.97 Å². The summed E-state index contributed by atoms with van der Waals surface area (Å²) in [5, 5.41) is 13.2. The number of halogens is 3. The number of rotatable bonds is 5. The van der Waals surface area contributed by atoms with Gasteiger partial charge in [0.1, 0.15) is 18.0 Å². The molecular weight excluding hydrogens is 375 g/mol. The Kier molecular flexibility index (Phi) is 5.68. The number of nitrogens with zero attached hydrogens (tertiary/aromatic N) is 4. The van der Waals surface area contributed by atoms with Gasteiger partial charge in [-0.2, -0.15) is 13.2 Å². The number of alkyl halides is 3. The molecule has 7 nitrogen and oxygen atoms in total. The average molecular weight is 395 g/mol. The molecule has 1 aromatic heterocycles. The number of hydrogen-bond donors (Lipinski definition) is 2. The Morgan fingerprint density at radius 2 is 1.93 bits per heavy atom. The predicted octanol–water partition coefficient (Wildman–Crippen LogP) is 1.92. The molecule has 1 aliphatic rings. The van der Waals surface area contributed by atoms with E-state index in [0.29, 0.717) is 30.3 Å². The lowest BCUT2D eigenvalue weighted by molar-refractivity contribution is -0.137. The average Bonchev–Trinajstić information content (AvgIpc) is 2.68. The Morgan fingerprint density at radius 3 is 2.57 bits per heavy atom. The van der Waals surface area contributed by atoms with Crippen molar-refractivity contribution in [2.45, 2.75) is 12.3 Å². The lowest BCUT2D eigenvalue weighted by atomic mass is 10.1. The summed E-state index contributed by atoms with van der Waals surface area (Å²) < 4.78 is 37.8. The van der Waals surface area contributed by atoms with Crippen LogP contribution < -0.4 is 10.2 Å². The molecule has 150 valence electrons. The number of aliphatic hydroxyl groups excluding tert-OH is 1. The topological polar surface area (TPSA) is 81.6 Å². The lowest BCUT2D eigenvalue weighted by Gasteiger charge is -2.32. The van der Waals surface area contributed by atoms with E-state index in [-0.39, 0.29) is 19.0 Å². The maximum absolute atomic E-state index is 12.6. The molecule has 1 saturated heterocycles. The summed E-state index contributed by atoms with van der Waals surface area (Å²) in [5.74, 6) is 1.03. The highest BCUT2D eigenvalue weighted by Crippen LogP contribution is 2.30. The van der Waals surface area contributed by atoms with Gasteiger partial charge in [-0.1, -0.05) is 12.1 Å². The summed E-state index contributed by atoms with van der Waals surface area (Å²) in [6.07, 6.45) is -4.07. The van der Waals surface area contributed by atoms with Crippen molar-refractivity contribution in [1.82, 2.24) is 14.9 Å². The van der Waals surface area contributed by atoms with Crippen molar-refractivity contribution in [2.75, 3.05) is 43.4 Å². The number of carbonyl (C=O) groups excluding carboxylic acids is 1. The molecule has 0 aliphatic carbocycles. The second-order valence-corrected chi connectivity index (χ2v) is 6.51. The normalized spacial score (nSPS) is 16.2. The van der Waals surface area contributed by atoms with E-state index in [2.05, 4.69) is 15.3 Å². The molecule has 1 amide bonds. The van der Waals surface area contributed by atoms with Crippen molar-refractivity contribution in [2.24, 2.45) is 0 Å². The molecule has 2 N–H and O–H groups in total. The zero-order chi connectivity index (χ0) is 20.3. The van der Waals surface area contributed by atoms with Crippen LogP contribution >= 0.6 is 0 Å². The van der Waals surface area contributed by atoms with Crippen LogP contribution in [0.4, 0.5) is 24.8 Å². The number of aliphatic hydroxyl groups is 1. The van der Waals surface area contributed by atoms with E-state index in [1.807, 2.05) is 4.90 Å². The number of aromatic nitrogens is 2. The highest BCUT2D eigenvalue weighted by Gasteiger charge is 2.30. The summed E-state index contributed by atoms with van der Waals surface area (Å²) >= 11 is 0. The third-order valence-electron chi connectivity index (χ3n) is 4.53. The lowest BCUT2D eigenvalue weighted by Crippen LogP contribution is -2.48. The maximum atomic E-state index is 12.6. The molecule has 1 aliphatic heterocycles. The van der Waals surface area contributed by atoms with Gasteiger partial charge in [0.05, 0.1) is 18.2 Å². The Bertz CT molecular complexity index is 829. The molecule has 1 atom stereocenters. The Morgan fingerprint density at radius 1 is 1.21 bits per heavy atom. The van der Waals surface area contributed by atoms with Crippen LogP contribution in [0, 0.1) is 0 Å². The van der Waals surface area contributed by atoms with E-state index < -0.39 is 17.8 Å². The van der Waals surface area contributed by atoms with Crippen molar-refractivity contribution in [3.8, 4) is 0 Å². The van der Waals surface area contributed by atoms with Gasteiger partial charge < -0.3 is 20.2 Å². The van der Waals surface area contributed by atoms with Gasteiger partial charge in [-0.05, 0) is 17.7 Å². The fraction of sp³-hybridized carbons (Fsp3) is 0.389.